The summed E-state index contributed by atoms with van der Waals surface area (Å²) in [6.45, 7) is 2.04. The van der Waals surface area contributed by atoms with Gasteiger partial charge in [0.05, 0.1) is 5.52 Å². The first-order valence-corrected chi connectivity index (χ1v) is 12.0. The largest absolute Gasteiger partial charge is 0.337 e. The minimum atomic E-state index is 0.731. The van der Waals surface area contributed by atoms with Gasteiger partial charge in [-0.3, -0.25) is 9.97 Å². The molecule has 0 bridgehead atoms. The number of rotatable bonds is 5. The second-order valence-corrected chi connectivity index (χ2v) is 9.19. The van der Waals surface area contributed by atoms with Gasteiger partial charge in [-0.25, -0.2) is 4.98 Å². The van der Waals surface area contributed by atoms with Crippen molar-refractivity contribution in [2.75, 3.05) is 0 Å². The molecule has 4 aromatic heterocycles. The van der Waals surface area contributed by atoms with Gasteiger partial charge in [-0.15, -0.1) is 10.2 Å². The Morgan fingerprint density at radius 3 is 2.43 bits per heavy atom. The Labute approximate surface area is 206 Å². The van der Waals surface area contributed by atoms with Gasteiger partial charge in [-0.2, -0.15) is 0 Å². The molecule has 0 saturated heterocycles. The number of benzene rings is 2. The topological polar surface area (TPSA) is 85.2 Å². The third kappa shape index (κ3) is 3.98. The predicted octanol–water partition coefficient (Wildman–Crippen LogP) is 5.94. The van der Waals surface area contributed by atoms with Crippen LogP contribution in [0.2, 0.25) is 0 Å². The number of pyridine rings is 2. The summed E-state index contributed by atoms with van der Waals surface area (Å²) in [5, 5.41) is 9.11. The molecule has 1 N–H and O–H groups in total. The van der Waals surface area contributed by atoms with Gasteiger partial charge in [0.1, 0.15) is 17.5 Å². The third-order valence-electron chi connectivity index (χ3n) is 5.87. The minimum Gasteiger partial charge on any atom is -0.337 e. The Kier molecular flexibility index (Phi) is 5.35. The van der Waals surface area contributed by atoms with E-state index in [0.29, 0.717) is 0 Å². The van der Waals surface area contributed by atoms with E-state index in [0.717, 1.165) is 60.6 Å². The molecule has 0 atom stereocenters. The van der Waals surface area contributed by atoms with Crippen LogP contribution in [-0.4, -0.2) is 34.7 Å². The lowest BCUT2D eigenvalue weighted by Gasteiger charge is -2.13. The molecule has 6 aromatic rings. The average Bonchev–Trinajstić information content (AvgIpc) is 3.51. The van der Waals surface area contributed by atoms with Crippen LogP contribution in [0.15, 0.2) is 95.5 Å². The Balaban J connectivity index is 1.57. The van der Waals surface area contributed by atoms with Crippen LogP contribution in [0.5, 0.6) is 0 Å². The second-order valence-electron chi connectivity index (χ2n) is 8.18. The van der Waals surface area contributed by atoms with Gasteiger partial charge in [0, 0.05) is 35.6 Å². The maximum absolute atomic E-state index is 4.92. The maximum Gasteiger partial charge on any atom is 0.195 e. The highest BCUT2D eigenvalue weighted by Crippen LogP contribution is 2.39. The van der Waals surface area contributed by atoms with Crippen molar-refractivity contribution >= 4 is 22.8 Å². The lowest BCUT2D eigenvalue weighted by Crippen LogP contribution is -1.92. The van der Waals surface area contributed by atoms with Crippen LogP contribution < -0.4 is 0 Å². The summed E-state index contributed by atoms with van der Waals surface area (Å²) in [6, 6.07) is 22.7. The Bertz CT molecular complexity index is 1650. The maximum atomic E-state index is 4.92. The molecule has 8 heteroatoms. The van der Waals surface area contributed by atoms with Gasteiger partial charge < -0.3 is 9.55 Å². The van der Waals surface area contributed by atoms with E-state index in [1.807, 2.05) is 49.0 Å². The van der Waals surface area contributed by atoms with Crippen molar-refractivity contribution in [2.24, 2.45) is 7.05 Å². The first kappa shape index (κ1) is 21.2. The molecule has 0 fully saturated rings. The van der Waals surface area contributed by atoms with Crippen molar-refractivity contribution < 1.29 is 0 Å². The van der Waals surface area contributed by atoms with Crippen LogP contribution in [0.4, 0.5) is 0 Å². The van der Waals surface area contributed by atoms with Crippen molar-refractivity contribution in [3.05, 3.63) is 91.1 Å². The number of aryl methyl sites for hydroxylation is 2. The summed E-state index contributed by atoms with van der Waals surface area (Å²) in [4.78, 5) is 18.4. The molecule has 6 rings (SSSR count). The molecule has 4 heterocycles. The predicted molar refractivity (Wildman–Crippen MR) is 138 cm³/mol. The van der Waals surface area contributed by atoms with Gasteiger partial charge in [0.25, 0.3) is 0 Å². The van der Waals surface area contributed by atoms with Crippen LogP contribution >= 0.6 is 11.8 Å². The van der Waals surface area contributed by atoms with Crippen molar-refractivity contribution in [3.63, 3.8) is 0 Å². The van der Waals surface area contributed by atoms with E-state index in [1.165, 1.54) is 0 Å². The summed E-state index contributed by atoms with van der Waals surface area (Å²) >= 11 is 1.55. The normalized spacial score (nSPS) is 11.3. The molecule has 7 nitrogen and oxygen atoms in total. The van der Waals surface area contributed by atoms with Gasteiger partial charge in [0.2, 0.25) is 0 Å². The highest BCUT2D eigenvalue weighted by Gasteiger charge is 2.17. The Hall–Kier alpha value is -4.30. The van der Waals surface area contributed by atoms with Crippen LogP contribution in [0.1, 0.15) is 5.69 Å². The molecule has 2 aromatic carbocycles. The Morgan fingerprint density at radius 1 is 0.857 bits per heavy atom. The summed E-state index contributed by atoms with van der Waals surface area (Å²) in [5.74, 6) is 0.731. The lowest BCUT2D eigenvalue weighted by atomic mass is 9.94. The first-order valence-electron chi connectivity index (χ1n) is 11.2. The molecule has 0 spiro atoms. The zero-order chi connectivity index (χ0) is 23.8. The lowest BCUT2D eigenvalue weighted by molar-refractivity contribution is 0.789. The molecule has 0 saturated carbocycles. The molecular formula is C27H21N7S. The molecule has 0 unspecified atom stereocenters. The van der Waals surface area contributed by atoms with E-state index in [-0.39, 0.29) is 0 Å². The van der Waals surface area contributed by atoms with Gasteiger partial charge in [-0.1, -0.05) is 36.4 Å². The first-order chi connectivity index (χ1) is 17.2. The quantitative estimate of drug-likeness (QED) is 0.332. The molecule has 0 aliphatic carbocycles. The number of nitrogens with zero attached hydrogens (tertiary/aromatic N) is 6. The zero-order valence-electron chi connectivity index (χ0n) is 19.2. The molecule has 0 aliphatic rings. The van der Waals surface area contributed by atoms with Crippen molar-refractivity contribution in [1.29, 1.82) is 0 Å². The van der Waals surface area contributed by atoms with Crippen LogP contribution in [0.3, 0.4) is 0 Å². The Morgan fingerprint density at radius 2 is 1.66 bits per heavy atom. The number of hydrogen-bond donors (Lipinski definition) is 1. The standard InChI is InChI=1S/C27H21N7S/c1-17-19(10-7-13-28-17)21-9-4-3-8-20(21)18-14-23-25(24(15-18)35-27-33-30-16-34(27)2)32-26(31-23)22-11-5-6-12-29-22/h3-16H,1-2H3,(H,31,32). The van der Waals surface area contributed by atoms with Crippen LogP contribution in [0, 0.1) is 6.92 Å². The third-order valence-corrected chi connectivity index (χ3v) is 6.95. The van der Waals surface area contributed by atoms with E-state index in [2.05, 4.69) is 67.6 Å². The fourth-order valence-electron chi connectivity index (χ4n) is 4.15. The van der Waals surface area contributed by atoms with Gasteiger partial charge in [0.15, 0.2) is 11.0 Å². The second kappa shape index (κ2) is 8.81. The van der Waals surface area contributed by atoms with E-state index in [9.17, 15) is 0 Å². The van der Waals surface area contributed by atoms with Crippen molar-refractivity contribution in [2.45, 2.75) is 17.0 Å². The smallest absolute Gasteiger partial charge is 0.195 e. The molecule has 0 amide bonds. The SMILES string of the molecule is Cc1ncccc1-c1ccccc1-c1cc(Sc2nncn2C)c2nc(-c3ccccn3)[nH]c2c1. The highest BCUT2D eigenvalue weighted by molar-refractivity contribution is 7.99. The van der Waals surface area contributed by atoms with E-state index >= 15 is 0 Å². The molecule has 0 aliphatic heterocycles. The van der Waals surface area contributed by atoms with Crippen LogP contribution in [0.25, 0.3) is 44.8 Å². The summed E-state index contributed by atoms with van der Waals surface area (Å²) in [6.07, 6.45) is 5.30. The van der Waals surface area contributed by atoms with Crippen LogP contribution in [-0.2, 0) is 7.05 Å². The van der Waals surface area contributed by atoms with E-state index < -0.39 is 0 Å². The number of imidazole rings is 1. The highest BCUT2D eigenvalue weighted by atomic mass is 32.2. The van der Waals surface area contributed by atoms with Gasteiger partial charge >= 0.3 is 0 Å². The fourth-order valence-corrected chi connectivity index (χ4v) is 5.06. The number of nitrogens with one attached hydrogen (secondary N) is 1. The summed E-state index contributed by atoms with van der Waals surface area (Å²) in [7, 11) is 1.94. The summed E-state index contributed by atoms with van der Waals surface area (Å²) in [5.41, 5.74) is 8.06. The molecule has 170 valence electrons. The number of fused-ring (bicyclic) bond motifs is 1. The number of aromatic amines is 1. The van der Waals surface area contributed by atoms with E-state index in [4.69, 9.17) is 4.98 Å². The number of hydrogen-bond acceptors (Lipinski definition) is 6. The van der Waals surface area contributed by atoms with Gasteiger partial charge in [-0.05, 0) is 65.7 Å². The molecule has 0 radical (unpaired) electrons. The van der Waals surface area contributed by atoms with Crippen molar-refractivity contribution in [3.8, 4) is 33.8 Å². The van der Waals surface area contributed by atoms with Crippen molar-refractivity contribution in [1.82, 2.24) is 34.7 Å². The molecule has 35 heavy (non-hydrogen) atoms. The zero-order valence-corrected chi connectivity index (χ0v) is 20.0. The average molecular weight is 476 g/mol. The monoisotopic (exact) mass is 475 g/mol. The molecular weight excluding hydrogens is 454 g/mol. The summed E-state index contributed by atoms with van der Waals surface area (Å²) < 4.78 is 1.91. The number of aromatic nitrogens is 7. The minimum absolute atomic E-state index is 0.731. The van der Waals surface area contributed by atoms with E-state index in [1.54, 1.807) is 24.3 Å². The fraction of sp³-hybridized carbons (Fsp3) is 0.0741. The number of H-pyrrole nitrogens is 1.